The number of thiazole rings is 1. The van der Waals surface area contributed by atoms with Gasteiger partial charge in [0.25, 0.3) is 5.56 Å². The number of ether oxygens (including phenoxy) is 1. The Morgan fingerprint density at radius 1 is 1.36 bits per heavy atom. The molecule has 2 amide bonds. The van der Waals surface area contributed by atoms with Gasteiger partial charge in [-0.3, -0.25) is 9.20 Å². The fraction of sp³-hybridized carbons (Fsp3) is 0.588. The average molecular weight is 362 g/mol. The van der Waals surface area contributed by atoms with Crippen LogP contribution in [0.15, 0.2) is 22.6 Å². The number of nitrogens with one attached hydrogen (secondary N) is 1. The fourth-order valence-electron chi connectivity index (χ4n) is 3.37. The standard InChI is InChI=1S/C17H22N4O3S/c22-15-14(9-18-17-21(15)6-8-25-17)19-16(23)20(10-12-3-1-4-12)11-13-5-2-7-24-13/h6,8-9,12-13H,1-5,7,10-11H2,(H,19,23)/t13-/m1/s1. The average Bonchev–Trinajstić information content (AvgIpc) is 3.23. The van der Waals surface area contributed by atoms with Gasteiger partial charge in [-0.1, -0.05) is 6.42 Å². The topological polar surface area (TPSA) is 75.9 Å². The van der Waals surface area contributed by atoms with E-state index in [2.05, 4.69) is 10.3 Å². The van der Waals surface area contributed by atoms with Gasteiger partial charge >= 0.3 is 6.03 Å². The lowest BCUT2D eigenvalue weighted by Crippen LogP contribution is -2.44. The molecular weight excluding hydrogens is 340 g/mol. The van der Waals surface area contributed by atoms with Crippen LogP contribution in [0.2, 0.25) is 0 Å². The SMILES string of the molecule is O=C(Nc1cnc2sccn2c1=O)N(CC1CCC1)C[C@H]1CCCO1. The Balaban J connectivity index is 1.49. The third-order valence-electron chi connectivity index (χ3n) is 5.02. The van der Waals surface area contributed by atoms with Crippen LogP contribution in [0.4, 0.5) is 10.5 Å². The van der Waals surface area contributed by atoms with Gasteiger partial charge in [0.05, 0.1) is 12.3 Å². The third kappa shape index (κ3) is 3.55. The van der Waals surface area contributed by atoms with Gasteiger partial charge in [0.2, 0.25) is 0 Å². The number of anilines is 1. The van der Waals surface area contributed by atoms with Gasteiger partial charge in [0.15, 0.2) is 4.96 Å². The highest BCUT2D eigenvalue weighted by atomic mass is 32.1. The summed E-state index contributed by atoms with van der Waals surface area (Å²) >= 11 is 1.39. The summed E-state index contributed by atoms with van der Waals surface area (Å²) < 4.78 is 7.14. The molecule has 4 rings (SSSR count). The number of aromatic nitrogens is 2. The first-order chi connectivity index (χ1) is 12.2. The quantitative estimate of drug-likeness (QED) is 0.887. The van der Waals surface area contributed by atoms with Gasteiger partial charge in [0.1, 0.15) is 5.69 Å². The van der Waals surface area contributed by atoms with Crippen molar-refractivity contribution < 1.29 is 9.53 Å². The highest BCUT2D eigenvalue weighted by Crippen LogP contribution is 2.28. The van der Waals surface area contributed by atoms with Crippen molar-refractivity contribution >= 4 is 28.0 Å². The second-order valence-corrected chi connectivity index (χ2v) is 7.67. The predicted octanol–water partition coefficient (Wildman–Crippen LogP) is 2.57. The molecule has 1 N–H and O–H groups in total. The van der Waals surface area contributed by atoms with E-state index in [0.29, 0.717) is 17.4 Å². The normalized spacial score (nSPS) is 20.6. The highest BCUT2D eigenvalue weighted by molar-refractivity contribution is 7.15. The summed E-state index contributed by atoms with van der Waals surface area (Å²) in [7, 11) is 0. The van der Waals surface area contributed by atoms with E-state index < -0.39 is 0 Å². The summed E-state index contributed by atoms with van der Waals surface area (Å²) in [5.74, 6) is 0.561. The number of carbonyl (C=O) groups excluding carboxylic acids is 1. The Labute approximate surface area is 149 Å². The molecule has 0 bridgehead atoms. The molecule has 3 heterocycles. The number of nitrogens with zero attached hydrogens (tertiary/aromatic N) is 3. The molecule has 0 spiro atoms. The van der Waals surface area contributed by atoms with Gasteiger partial charge < -0.3 is 15.0 Å². The second kappa shape index (κ2) is 7.13. The van der Waals surface area contributed by atoms with E-state index in [0.717, 1.165) is 26.0 Å². The van der Waals surface area contributed by atoms with Crippen molar-refractivity contribution in [2.24, 2.45) is 5.92 Å². The molecule has 2 aliphatic rings. The van der Waals surface area contributed by atoms with Gasteiger partial charge in [-0.15, -0.1) is 11.3 Å². The minimum absolute atomic E-state index is 0.101. The van der Waals surface area contributed by atoms with Crippen LogP contribution < -0.4 is 10.9 Å². The minimum atomic E-state index is -0.250. The molecule has 0 radical (unpaired) electrons. The number of hydrogen-bond donors (Lipinski definition) is 1. The first-order valence-corrected chi connectivity index (χ1v) is 9.71. The van der Waals surface area contributed by atoms with E-state index >= 15 is 0 Å². The molecule has 1 atom stereocenters. The zero-order chi connectivity index (χ0) is 17.2. The molecule has 1 aliphatic carbocycles. The molecule has 2 aromatic rings. The van der Waals surface area contributed by atoms with Crippen molar-refractivity contribution in [3.8, 4) is 0 Å². The van der Waals surface area contributed by atoms with Crippen LogP contribution in [0.5, 0.6) is 0 Å². The summed E-state index contributed by atoms with van der Waals surface area (Å²) in [6, 6.07) is -0.239. The van der Waals surface area contributed by atoms with Crippen molar-refractivity contribution in [2.45, 2.75) is 38.2 Å². The molecular formula is C17H22N4O3S. The zero-order valence-electron chi connectivity index (χ0n) is 14.0. The van der Waals surface area contributed by atoms with Crippen LogP contribution in [-0.4, -0.2) is 46.1 Å². The molecule has 1 aliphatic heterocycles. The van der Waals surface area contributed by atoms with Crippen molar-refractivity contribution in [1.29, 1.82) is 0 Å². The number of amides is 2. The minimum Gasteiger partial charge on any atom is -0.376 e. The maximum absolute atomic E-state index is 12.8. The molecule has 2 aromatic heterocycles. The summed E-state index contributed by atoms with van der Waals surface area (Å²) in [6.07, 6.45) is 8.82. The van der Waals surface area contributed by atoms with Crippen LogP contribution in [-0.2, 0) is 4.74 Å². The Morgan fingerprint density at radius 2 is 2.24 bits per heavy atom. The molecule has 8 heteroatoms. The van der Waals surface area contributed by atoms with Crippen LogP contribution in [0.25, 0.3) is 4.96 Å². The molecule has 1 saturated heterocycles. The Morgan fingerprint density at radius 3 is 2.96 bits per heavy atom. The van der Waals surface area contributed by atoms with E-state index in [9.17, 15) is 9.59 Å². The molecule has 7 nitrogen and oxygen atoms in total. The van der Waals surface area contributed by atoms with Gasteiger partial charge in [-0.05, 0) is 31.6 Å². The molecule has 1 saturated carbocycles. The first-order valence-electron chi connectivity index (χ1n) is 8.83. The Bertz CT molecular complexity index is 808. The highest BCUT2D eigenvalue weighted by Gasteiger charge is 2.28. The number of urea groups is 1. The fourth-order valence-corrected chi connectivity index (χ4v) is 4.04. The van der Waals surface area contributed by atoms with Gasteiger partial charge in [-0.25, -0.2) is 9.78 Å². The number of fused-ring (bicyclic) bond motifs is 1. The molecule has 0 unspecified atom stereocenters. The summed E-state index contributed by atoms with van der Waals surface area (Å²) in [4.78, 5) is 31.9. The largest absolute Gasteiger partial charge is 0.376 e. The monoisotopic (exact) mass is 362 g/mol. The van der Waals surface area contributed by atoms with Crippen molar-refractivity contribution in [2.75, 3.05) is 25.0 Å². The van der Waals surface area contributed by atoms with Crippen LogP contribution in [0, 0.1) is 5.92 Å². The van der Waals surface area contributed by atoms with Crippen molar-refractivity contribution in [1.82, 2.24) is 14.3 Å². The van der Waals surface area contributed by atoms with Crippen LogP contribution in [0.3, 0.4) is 0 Å². The van der Waals surface area contributed by atoms with Gasteiger partial charge in [0, 0.05) is 31.3 Å². The second-order valence-electron chi connectivity index (χ2n) is 6.80. The summed E-state index contributed by atoms with van der Waals surface area (Å²) in [5, 5.41) is 4.56. The number of rotatable bonds is 5. The zero-order valence-corrected chi connectivity index (χ0v) is 14.8. The molecule has 25 heavy (non-hydrogen) atoms. The van der Waals surface area contributed by atoms with Crippen LogP contribution >= 0.6 is 11.3 Å². The van der Waals surface area contributed by atoms with E-state index in [1.54, 1.807) is 11.6 Å². The van der Waals surface area contributed by atoms with E-state index in [1.807, 2.05) is 4.90 Å². The molecule has 2 fully saturated rings. The molecule has 0 aromatic carbocycles. The van der Waals surface area contributed by atoms with Crippen LogP contribution in [0.1, 0.15) is 32.1 Å². The lowest BCUT2D eigenvalue weighted by molar-refractivity contribution is 0.0748. The Kier molecular flexibility index (Phi) is 4.72. The summed E-state index contributed by atoms with van der Waals surface area (Å²) in [5.41, 5.74) is -0.0350. The predicted molar refractivity (Wildman–Crippen MR) is 96.2 cm³/mol. The van der Waals surface area contributed by atoms with Gasteiger partial charge in [-0.2, -0.15) is 0 Å². The maximum Gasteiger partial charge on any atom is 0.322 e. The van der Waals surface area contributed by atoms with Crippen molar-refractivity contribution in [3.05, 3.63) is 28.1 Å². The summed E-state index contributed by atoms with van der Waals surface area (Å²) in [6.45, 7) is 2.07. The van der Waals surface area contributed by atoms with E-state index in [-0.39, 0.29) is 23.4 Å². The Hall–Kier alpha value is -1.93. The number of carbonyl (C=O) groups is 1. The lowest BCUT2D eigenvalue weighted by Gasteiger charge is -2.33. The van der Waals surface area contributed by atoms with Crippen molar-refractivity contribution in [3.63, 3.8) is 0 Å². The number of hydrogen-bond acceptors (Lipinski definition) is 5. The van der Waals surface area contributed by atoms with E-state index in [4.69, 9.17) is 4.74 Å². The lowest BCUT2D eigenvalue weighted by atomic mass is 9.85. The smallest absolute Gasteiger partial charge is 0.322 e. The van der Waals surface area contributed by atoms with E-state index in [1.165, 1.54) is 41.2 Å². The molecule has 134 valence electrons. The third-order valence-corrected chi connectivity index (χ3v) is 5.79. The maximum atomic E-state index is 12.8. The first kappa shape index (κ1) is 16.5.